The molecule has 1 aliphatic heterocycles. The molecule has 0 aromatic rings. The molecule has 0 spiro atoms. The lowest BCUT2D eigenvalue weighted by atomic mass is 10.1. The van der Waals surface area contributed by atoms with Gasteiger partial charge in [-0.1, -0.05) is 0 Å². The maximum Gasteiger partial charge on any atom is 0.222 e. The molecule has 1 rings (SSSR count). The minimum atomic E-state index is -0.392. The minimum absolute atomic E-state index is 0.192. The van der Waals surface area contributed by atoms with Crippen molar-refractivity contribution in [2.75, 3.05) is 13.1 Å². The zero-order valence-corrected chi connectivity index (χ0v) is 6.92. The van der Waals surface area contributed by atoms with Gasteiger partial charge < -0.3 is 10.0 Å². The van der Waals surface area contributed by atoms with Crippen molar-refractivity contribution in [3.8, 4) is 0 Å². The molecule has 1 aliphatic rings. The first kappa shape index (κ1) is 8.53. The van der Waals surface area contributed by atoms with Crippen molar-refractivity contribution in [3.05, 3.63) is 0 Å². The lowest BCUT2D eigenvalue weighted by molar-refractivity contribution is -0.134. The second-order valence-corrected chi connectivity index (χ2v) is 3.15. The summed E-state index contributed by atoms with van der Waals surface area (Å²) >= 11 is 0. The van der Waals surface area contributed by atoms with Gasteiger partial charge in [0.1, 0.15) is 0 Å². The number of aliphatic hydroxyl groups is 1. The van der Waals surface area contributed by atoms with Crippen molar-refractivity contribution < 1.29 is 9.90 Å². The molecule has 0 aliphatic carbocycles. The van der Waals surface area contributed by atoms with Crippen LogP contribution in [0.15, 0.2) is 0 Å². The summed E-state index contributed by atoms with van der Waals surface area (Å²) < 4.78 is 0. The van der Waals surface area contributed by atoms with Crippen molar-refractivity contribution in [2.45, 2.75) is 32.3 Å². The van der Waals surface area contributed by atoms with Gasteiger partial charge >= 0.3 is 0 Å². The fourth-order valence-electron chi connectivity index (χ4n) is 1.37. The largest absolute Gasteiger partial charge is 0.392 e. The number of β-amino-alcohol motifs (C(OH)–C–C–N with tert-alkyl or cyclic N) is 1. The van der Waals surface area contributed by atoms with Gasteiger partial charge in [-0.15, -0.1) is 0 Å². The maximum atomic E-state index is 11.1. The summed E-state index contributed by atoms with van der Waals surface area (Å²) in [6.07, 6.45) is 2.36. The third-order valence-electron chi connectivity index (χ3n) is 1.91. The normalized spacial score (nSPS) is 22.0. The smallest absolute Gasteiger partial charge is 0.222 e. The van der Waals surface area contributed by atoms with Crippen LogP contribution in [0, 0.1) is 0 Å². The summed E-state index contributed by atoms with van der Waals surface area (Å²) in [5.74, 6) is 0.192. The molecule has 1 fully saturated rings. The van der Waals surface area contributed by atoms with Crippen LogP contribution in [0.1, 0.15) is 26.2 Å². The molecule has 0 aromatic carbocycles. The zero-order chi connectivity index (χ0) is 8.27. The molecule has 1 heterocycles. The van der Waals surface area contributed by atoms with Crippen LogP contribution in [-0.2, 0) is 4.79 Å². The van der Waals surface area contributed by atoms with Crippen molar-refractivity contribution in [3.63, 3.8) is 0 Å². The highest BCUT2D eigenvalue weighted by molar-refractivity contribution is 5.76. The van der Waals surface area contributed by atoms with Crippen LogP contribution in [0.25, 0.3) is 0 Å². The van der Waals surface area contributed by atoms with Crippen molar-refractivity contribution in [2.24, 2.45) is 0 Å². The number of piperidine rings is 1. The average Bonchev–Trinajstić information content (AvgIpc) is 1.93. The number of carbonyl (C=O) groups excluding carboxylic acids is 1. The number of aliphatic hydroxyl groups excluding tert-OH is 1. The SMILES string of the molecule is C[C@@H](O)CN1CCCCC1=O. The van der Waals surface area contributed by atoms with Gasteiger partial charge in [0.25, 0.3) is 0 Å². The second kappa shape index (κ2) is 3.72. The Morgan fingerprint density at radius 2 is 2.36 bits per heavy atom. The third kappa shape index (κ3) is 2.50. The van der Waals surface area contributed by atoms with Gasteiger partial charge in [0.2, 0.25) is 5.91 Å². The Labute approximate surface area is 67.0 Å². The summed E-state index contributed by atoms with van der Waals surface area (Å²) in [4.78, 5) is 12.9. The van der Waals surface area contributed by atoms with E-state index < -0.39 is 6.10 Å². The molecular formula is C8H15NO2. The molecule has 11 heavy (non-hydrogen) atoms. The van der Waals surface area contributed by atoms with Crippen LogP contribution in [0.2, 0.25) is 0 Å². The topological polar surface area (TPSA) is 40.5 Å². The van der Waals surface area contributed by atoms with E-state index in [0.717, 1.165) is 19.4 Å². The van der Waals surface area contributed by atoms with E-state index in [1.807, 2.05) is 0 Å². The highest BCUT2D eigenvalue weighted by atomic mass is 16.3. The Bertz CT molecular complexity index is 145. The molecule has 1 N–H and O–H groups in total. The summed E-state index contributed by atoms with van der Waals surface area (Å²) in [6, 6.07) is 0. The molecule has 0 bridgehead atoms. The Morgan fingerprint density at radius 3 is 2.91 bits per heavy atom. The molecule has 0 unspecified atom stereocenters. The van der Waals surface area contributed by atoms with E-state index in [2.05, 4.69) is 0 Å². The van der Waals surface area contributed by atoms with Gasteiger partial charge in [-0.25, -0.2) is 0 Å². The molecular weight excluding hydrogens is 142 g/mol. The maximum absolute atomic E-state index is 11.1. The summed E-state index contributed by atoms with van der Waals surface area (Å²) in [5, 5.41) is 9.03. The highest BCUT2D eigenvalue weighted by Gasteiger charge is 2.18. The van der Waals surface area contributed by atoms with E-state index in [1.165, 1.54) is 0 Å². The average molecular weight is 157 g/mol. The highest BCUT2D eigenvalue weighted by Crippen LogP contribution is 2.10. The van der Waals surface area contributed by atoms with E-state index >= 15 is 0 Å². The lowest BCUT2D eigenvalue weighted by Crippen LogP contribution is -2.39. The van der Waals surface area contributed by atoms with Crippen LogP contribution in [0.5, 0.6) is 0 Å². The molecule has 1 saturated heterocycles. The first-order valence-electron chi connectivity index (χ1n) is 4.16. The number of rotatable bonds is 2. The molecule has 64 valence electrons. The van der Waals surface area contributed by atoms with Gasteiger partial charge in [0.05, 0.1) is 6.10 Å². The van der Waals surface area contributed by atoms with E-state index in [1.54, 1.807) is 11.8 Å². The third-order valence-corrected chi connectivity index (χ3v) is 1.91. The predicted molar refractivity (Wildman–Crippen MR) is 42.1 cm³/mol. The lowest BCUT2D eigenvalue weighted by Gasteiger charge is -2.27. The molecule has 3 nitrogen and oxygen atoms in total. The molecule has 0 aromatic heterocycles. The number of hydrogen-bond donors (Lipinski definition) is 1. The predicted octanol–water partition coefficient (Wildman–Crippen LogP) is 0.380. The van der Waals surface area contributed by atoms with Crippen LogP contribution in [0.3, 0.4) is 0 Å². The Balaban J connectivity index is 2.36. The van der Waals surface area contributed by atoms with Gasteiger partial charge in [-0.05, 0) is 19.8 Å². The monoisotopic (exact) mass is 157 g/mol. The van der Waals surface area contributed by atoms with Crippen LogP contribution < -0.4 is 0 Å². The van der Waals surface area contributed by atoms with Crippen molar-refractivity contribution in [1.82, 2.24) is 4.90 Å². The van der Waals surface area contributed by atoms with Gasteiger partial charge in [-0.2, -0.15) is 0 Å². The summed E-state index contributed by atoms with van der Waals surface area (Å²) in [7, 11) is 0. The fraction of sp³-hybridized carbons (Fsp3) is 0.875. The molecule has 0 radical (unpaired) electrons. The van der Waals surface area contributed by atoms with Gasteiger partial charge in [-0.3, -0.25) is 4.79 Å². The second-order valence-electron chi connectivity index (χ2n) is 3.15. The van der Waals surface area contributed by atoms with E-state index in [-0.39, 0.29) is 5.91 Å². The van der Waals surface area contributed by atoms with Crippen LogP contribution in [0.4, 0.5) is 0 Å². The van der Waals surface area contributed by atoms with Crippen molar-refractivity contribution in [1.29, 1.82) is 0 Å². The molecule has 1 amide bonds. The first-order valence-corrected chi connectivity index (χ1v) is 4.16. The summed E-state index contributed by atoms with van der Waals surface area (Å²) in [6.45, 7) is 3.03. The summed E-state index contributed by atoms with van der Waals surface area (Å²) in [5.41, 5.74) is 0. The Kier molecular flexibility index (Phi) is 2.88. The van der Waals surface area contributed by atoms with E-state index in [4.69, 9.17) is 5.11 Å². The Hall–Kier alpha value is -0.570. The molecule has 0 saturated carbocycles. The van der Waals surface area contributed by atoms with E-state index in [0.29, 0.717) is 13.0 Å². The van der Waals surface area contributed by atoms with Crippen molar-refractivity contribution >= 4 is 5.91 Å². The number of carbonyl (C=O) groups is 1. The van der Waals surface area contributed by atoms with E-state index in [9.17, 15) is 4.79 Å². The van der Waals surface area contributed by atoms with Gasteiger partial charge in [0.15, 0.2) is 0 Å². The Morgan fingerprint density at radius 1 is 1.64 bits per heavy atom. The molecule has 1 atom stereocenters. The van der Waals surface area contributed by atoms with Gasteiger partial charge in [0, 0.05) is 19.5 Å². The molecule has 3 heteroatoms. The number of likely N-dealkylation sites (tertiary alicyclic amines) is 1. The standard InChI is InChI=1S/C8H15NO2/c1-7(10)6-9-5-3-2-4-8(9)11/h7,10H,2-6H2,1H3/t7-/m1/s1. The van der Waals surface area contributed by atoms with Crippen LogP contribution in [-0.4, -0.2) is 35.1 Å². The zero-order valence-electron chi connectivity index (χ0n) is 6.92. The number of nitrogens with zero attached hydrogens (tertiary/aromatic N) is 1. The fourth-order valence-corrected chi connectivity index (χ4v) is 1.37. The van der Waals surface area contributed by atoms with Crippen LogP contribution >= 0.6 is 0 Å². The quantitative estimate of drug-likeness (QED) is 0.629. The first-order chi connectivity index (χ1) is 5.20. The minimum Gasteiger partial charge on any atom is -0.392 e. The number of hydrogen-bond acceptors (Lipinski definition) is 2. The number of amides is 1.